The molecule has 0 unspecified atom stereocenters. The molecule has 0 saturated carbocycles. The van der Waals surface area contributed by atoms with Crippen LogP contribution in [0.1, 0.15) is 25.5 Å². The monoisotopic (exact) mass is 281 g/mol. The van der Waals surface area contributed by atoms with Crippen molar-refractivity contribution >= 4 is 17.5 Å². The summed E-state index contributed by atoms with van der Waals surface area (Å²) in [6.45, 7) is 4.45. The van der Waals surface area contributed by atoms with Crippen LogP contribution in [0.2, 0.25) is 0 Å². The number of anilines is 2. The highest BCUT2D eigenvalue weighted by molar-refractivity contribution is 5.62. The van der Waals surface area contributed by atoms with Crippen molar-refractivity contribution in [2.24, 2.45) is 0 Å². The van der Waals surface area contributed by atoms with Crippen LogP contribution in [0.25, 0.3) is 0 Å². The molecule has 1 saturated heterocycles. The third-order valence-corrected chi connectivity index (χ3v) is 3.59. The molecule has 0 radical (unpaired) electrons. The van der Waals surface area contributed by atoms with E-state index in [4.69, 9.17) is 0 Å². The molecule has 20 heavy (non-hydrogen) atoms. The van der Waals surface area contributed by atoms with Gasteiger partial charge in [0.25, 0.3) is 0 Å². The van der Waals surface area contributed by atoms with Crippen molar-refractivity contribution in [3.8, 4) is 0 Å². The zero-order valence-electron chi connectivity index (χ0n) is 11.9. The first-order chi connectivity index (χ1) is 9.34. The largest absolute Gasteiger partial charge is 0.390 e. The number of rotatable bonds is 3. The van der Waals surface area contributed by atoms with Crippen molar-refractivity contribution in [3.63, 3.8) is 0 Å². The van der Waals surface area contributed by atoms with Crippen LogP contribution >= 0.6 is 0 Å². The Morgan fingerprint density at radius 3 is 2.50 bits per heavy atom. The third-order valence-electron chi connectivity index (χ3n) is 3.59. The first kappa shape index (κ1) is 14.4. The fourth-order valence-corrected chi connectivity index (χ4v) is 2.30. The number of nitrogens with zero attached hydrogens (tertiary/aromatic N) is 4. The Bertz CT molecular complexity index is 522. The Morgan fingerprint density at radius 2 is 2.00 bits per heavy atom. The van der Waals surface area contributed by atoms with Crippen LogP contribution in [0.15, 0.2) is 0 Å². The molecule has 0 spiro atoms. The summed E-state index contributed by atoms with van der Waals surface area (Å²) in [7, 11) is 1.67. The summed E-state index contributed by atoms with van der Waals surface area (Å²) in [6.07, 6.45) is 1.12. The van der Waals surface area contributed by atoms with E-state index >= 15 is 0 Å². The van der Waals surface area contributed by atoms with Crippen LogP contribution in [0.3, 0.4) is 0 Å². The van der Waals surface area contributed by atoms with E-state index in [0.29, 0.717) is 43.4 Å². The van der Waals surface area contributed by atoms with E-state index < -0.39 is 10.5 Å². The number of aromatic nitrogens is 2. The molecule has 2 rings (SSSR count). The van der Waals surface area contributed by atoms with Gasteiger partial charge < -0.3 is 15.3 Å². The number of piperidine rings is 1. The van der Waals surface area contributed by atoms with Crippen LogP contribution < -0.4 is 10.2 Å². The molecule has 0 atom stereocenters. The molecule has 1 fully saturated rings. The molecule has 0 aromatic carbocycles. The van der Waals surface area contributed by atoms with E-state index in [9.17, 15) is 15.2 Å². The van der Waals surface area contributed by atoms with Gasteiger partial charge in [-0.2, -0.15) is 4.98 Å². The second-order valence-corrected chi connectivity index (χ2v) is 5.30. The van der Waals surface area contributed by atoms with E-state index in [0.717, 1.165) is 0 Å². The maximum atomic E-state index is 11.2. The quantitative estimate of drug-likeness (QED) is 0.631. The maximum absolute atomic E-state index is 11.2. The second kappa shape index (κ2) is 5.20. The van der Waals surface area contributed by atoms with Gasteiger partial charge in [0.05, 0.1) is 10.5 Å². The molecular weight excluding hydrogens is 262 g/mol. The van der Waals surface area contributed by atoms with Crippen molar-refractivity contribution in [2.45, 2.75) is 32.3 Å². The highest BCUT2D eigenvalue weighted by Crippen LogP contribution is 2.33. The zero-order valence-corrected chi connectivity index (χ0v) is 11.9. The average Bonchev–Trinajstić information content (AvgIpc) is 2.37. The summed E-state index contributed by atoms with van der Waals surface area (Å²) in [4.78, 5) is 20.9. The first-order valence-electron chi connectivity index (χ1n) is 6.52. The summed E-state index contributed by atoms with van der Waals surface area (Å²) < 4.78 is 0. The molecule has 0 aliphatic carbocycles. The van der Waals surface area contributed by atoms with Crippen molar-refractivity contribution < 1.29 is 10.0 Å². The minimum absolute atomic E-state index is 0.0643. The van der Waals surface area contributed by atoms with E-state index in [-0.39, 0.29) is 5.69 Å². The van der Waals surface area contributed by atoms with Gasteiger partial charge in [-0.25, -0.2) is 4.98 Å². The second-order valence-electron chi connectivity index (χ2n) is 5.30. The highest BCUT2D eigenvalue weighted by Gasteiger charge is 2.32. The molecule has 1 aromatic rings. The smallest absolute Gasteiger partial charge is 0.332 e. The Morgan fingerprint density at radius 1 is 1.40 bits per heavy atom. The van der Waals surface area contributed by atoms with Crippen molar-refractivity contribution in [2.75, 3.05) is 30.4 Å². The molecule has 8 nitrogen and oxygen atoms in total. The Labute approximate surface area is 117 Å². The fourth-order valence-electron chi connectivity index (χ4n) is 2.30. The molecule has 0 bridgehead atoms. The number of nitrogens with one attached hydrogen (secondary N) is 1. The number of nitro groups is 1. The number of hydrogen-bond acceptors (Lipinski definition) is 7. The molecule has 2 N–H and O–H groups in total. The van der Waals surface area contributed by atoms with Gasteiger partial charge >= 0.3 is 5.69 Å². The summed E-state index contributed by atoms with van der Waals surface area (Å²) in [5.41, 5.74) is -0.439. The third kappa shape index (κ3) is 2.79. The van der Waals surface area contributed by atoms with Crippen LogP contribution in [-0.2, 0) is 0 Å². The van der Waals surface area contributed by atoms with Gasteiger partial charge in [-0.1, -0.05) is 0 Å². The fraction of sp³-hybridized carbons (Fsp3) is 0.667. The molecular formula is C12H19N5O3. The van der Waals surface area contributed by atoms with Gasteiger partial charge in [-0.05, 0) is 26.7 Å². The van der Waals surface area contributed by atoms with E-state index in [1.807, 2.05) is 4.90 Å². The standard InChI is InChI=1S/C12H19N5O3/c1-8-9(17(19)20)10(15-11(13-3)14-8)16-6-4-12(2,18)5-7-16/h18H,4-7H2,1-3H3,(H,13,14,15). The minimum atomic E-state index is -0.709. The summed E-state index contributed by atoms with van der Waals surface area (Å²) in [5, 5.41) is 24.0. The first-order valence-corrected chi connectivity index (χ1v) is 6.52. The molecule has 8 heteroatoms. The van der Waals surface area contributed by atoms with E-state index in [1.54, 1.807) is 20.9 Å². The topological polar surface area (TPSA) is 104 Å². The molecule has 2 heterocycles. The number of aliphatic hydroxyl groups is 1. The summed E-state index contributed by atoms with van der Waals surface area (Å²) in [5.74, 6) is 0.683. The Hall–Kier alpha value is -1.96. The van der Waals surface area contributed by atoms with Gasteiger partial charge in [0, 0.05) is 20.1 Å². The summed E-state index contributed by atoms with van der Waals surface area (Å²) in [6, 6.07) is 0. The van der Waals surface area contributed by atoms with Crippen LogP contribution in [0.5, 0.6) is 0 Å². The van der Waals surface area contributed by atoms with E-state index in [1.165, 1.54) is 0 Å². The number of aryl methyl sites for hydroxylation is 1. The molecule has 110 valence electrons. The lowest BCUT2D eigenvalue weighted by atomic mass is 9.94. The molecule has 1 aliphatic heterocycles. The summed E-state index contributed by atoms with van der Waals surface area (Å²) >= 11 is 0. The lowest BCUT2D eigenvalue weighted by molar-refractivity contribution is -0.385. The van der Waals surface area contributed by atoms with Crippen LogP contribution in [-0.4, -0.2) is 45.7 Å². The minimum Gasteiger partial charge on any atom is -0.390 e. The van der Waals surface area contributed by atoms with Crippen molar-refractivity contribution in [1.29, 1.82) is 0 Å². The van der Waals surface area contributed by atoms with Gasteiger partial charge in [-0.3, -0.25) is 10.1 Å². The lowest BCUT2D eigenvalue weighted by Gasteiger charge is -2.36. The highest BCUT2D eigenvalue weighted by atomic mass is 16.6. The maximum Gasteiger partial charge on any atom is 0.332 e. The Balaban J connectivity index is 2.39. The lowest BCUT2D eigenvalue weighted by Crippen LogP contribution is -2.43. The SMILES string of the molecule is CNc1nc(C)c([N+](=O)[O-])c(N2CCC(C)(O)CC2)n1. The zero-order chi connectivity index (χ0) is 14.9. The van der Waals surface area contributed by atoms with Crippen molar-refractivity contribution in [3.05, 3.63) is 15.8 Å². The van der Waals surface area contributed by atoms with E-state index in [2.05, 4.69) is 15.3 Å². The number of hydrogen-bond donors (Lipinski definition) is 2. The van der Waals surface area contributed by atoms with Crippen LogP contribution in [0, 0.1) is 17.0 Å². The molecule has 0 amide bonds. The van der Waals surface area contributed by atoms with Gasteiger partial charge in [-0.15, -0.1) is 0 Å². The van der Waals surface area contributed by atoms with Crippen molar-refractivity contribution in [1.82, 2.24) is 9.97 Å². The normalized spacial score (nSPS) is 17.9. The van der Waals surface area contributed by atoms with Gasteiger partial charge in [0.2, 0.25) is 11.8 Å². The molecule has 1 aliphatic rings. The molecule has 1 aromatic heterocycles. The average molecular weight is 281 g/mol. The van der Waals surface area contributed by atoms with Crippen LogP contribution in [0.4, 0.5) is 17.5 Å². The predicted octanol–water partition coefficient (Wildman–Crippen LogP) is 1.09. The predicted molar refractivity (Wildman–Crippen MR) is 75.0 cm³/mol. The van der Waals surface area contributed by atoms with Gasteiger partial charge in [0.15, 0.2) is 0 Å². The van der Waals surface area contributed by atoms with Gasteiger partial charge in [0.1, 0.15) is 5.69 Å². The Kier molecular flexibility index (Phi) is 3.76.